The first-order valence-corrected chi connectivity index (χ1v) is 5.25. The molecule has 0 aliphatic heterocycles. The van der Waals surface area contributed by atoms with Crippen molar-refractivity contribution in [3.63, 3.8) is 0 Å². The summed E-state index contributed by atoms with van der Waals surface area (Å²) in [6.07, 6.45) is 1.88. The molecule has 0 amide bonds. The fourth-order valence-corrected chi connectivity index (χ4v) is 2.18. The van der Waals surface area contributed by atoms with Gasteiger partial charge in [-0.05, 0) is 12.1 Å². The minimum atomic E-state index is 1.19. The van der Waals surface area contributed by atoms with Crippen molar-refractivity contribution in [2.75, 3.05) is 0 Å². The Labute approximate surface area is 93.9 Å². The van der Waals surface area contributed by atoms with Crippen LogP contribution in [0.25, 0.3) is 28.0 Å². The van der Waals surface area contributed by atoms with Crippen molar-refractivity contribution in [1.29, 1.82) is 0 Å². The van der Waals surface area contributed by atoms with Gasteiger partial charge < -0.3 is 4.57 Å². The van der Waals surface area contributed by atoms with E-state index in [4.69, 9.17) is 0 Å². The van der Waals surface area contributed by atoms with Crippen molar-refractivity contribution >= 4 is 28.0 Å². The molecule has 0 saturated heterocycles. The molecule has 0 radical (unpaired) electrons. The number of nitrogens with zero attached hydrogens (tertiary/aromatic N) is 1. The van der Waals surface area contributed by atoms with E-state index < -0.39 is 0 Å². The fourth-order valence-electron chi connectivity index (χ4n) is 2.18. The normalized spacial score (nSPS) is 10.5. The number of hydrogen-bond acceptors (Lipinski definition) is 0. The smallest absolute Gasteiger partial charge is 0.0541 e. The number of para-hydroxylation sites is 2. The van der Waals surface area contributed by atoms with Gasteiger partial charge in [-0.2, -0.15) is 0 Å². The summed E-state index contributed by atoms with van der Waals surface area (Å²) < 4.78 is 2.12. The Balaban J connectivity index is 2.64. The van der Waals surface area contributed by atoms with E-state index in [0.29, 0.717) is 0 Å². The Morgan fingerprint density at radius 1 is 0.875 bits per heavy atom. The first kappa shape index (κ1) is 9.02. The zero-order valence-corrected chi connectivity index (χ0v) is 8.85. The summed E-state index contributed by atoms with van der Waals surface area (Å²) >= 11 is 0. The molecule has 0 saturated carbocycles. The van der Waals surface area contributed by atoms with Gasteiger partial charge in [-0.15, -0.1) is 5.73 Å². The lowest BCUT2D eigenvalue weighted by molar-refractivity contribution is 1.29. The molecular formula is C15H11N. The fraction of sp³-hybridized carbons (Fsp3) is 0. The van der Waals surface area contributed by atoms with Gasteiger partial charge in [-0.25, -0.2) is 0 Å². The Morgan fingerprint density at radius 3 is 1.88 bits per heavy atom. The standard InChI is InChI=1S/C15H11N/c1-2-11-16-14-9-5-3-7-12(14)13-8-4-6-10-15(13)16/h3-11H,1H2. The molecule has 0 atom stereocenters. The summed E-state index contributed by atoms with van der Waals surface area (Å²) in [5.41, 5.74) is 5.23. The second kappa shape index (κ2) is 3.41. The van der Waals surface area contributed by atoms with Crippen LogP contribution in [0.2, 0.25) is 0 Å². The van der Waals surface area contributed by atoms with Gasteiger partial charge in [-0.3, -0.25) is 0 Å². The predicted octanol–water partition coefficient (Wildman–Crippen LogP) is 4.05. The van der Waals surface area contributed by atoms with E-state index in [-0.39, 0.29) is 0 Å². The highest BCUT2D eigenvalue weighted by atomic mass is 14.9. The molecule has 0 N–H and O–H groups in total. The third-order valence-corrected chi connectivity index (χ3v) is 2.84. The quantitative estimate of drug-likeness (QED) is 0.528. The van der Waals surface area contributed by atoms with E-state index in [1.165, 1.54) is 21.8 Å². The van der Waals surface area contributed by atoms with E-state index in [9.17, 15) is 0 Å². The zero-order chi connectivity index (χ0) is 11.0. The highest BCUT2D eigenvalue weighted by molar-refractivity contribution is 6.09. The van der Waals surface area contributed by atoms with E-state index in [1.54, 1.807) is 0 Å². The highest BCUT2D eigenvalue weighted by Crippen LogP contribution is 2.28. The third kappa shape index (κ3) is 1.13. The molecule has 1 nitrogen and oxygen atoms in total. The van der Waals surface area contributed by atoms with Crippen LogP contribution in [0.15, 0.2) is 60.8 Å². The van der Waals surface area contributed by atoms with Crippen molar-refractivity contribution in [1.82, 2.24) is 4.57 Å². The lowest BCUT2D eigenvalue weighted by atomic mass is 10.2. The minimum Gasteiger partial charge on any atom is -0.309 e. The first-order valence-electron chi connectivity index (χ1n) is 5.25. The van der Waals surface area contributed by atoms with E-state index in [2.05, 4.69) is 65.4 Å². The number of benzene rings is 2. The van der Waals surface area contributed by atoms with Gasteiger partial charge in [0.05, 0.1) is 17.2 Å². The number of hydrogen-bond donors (Lipinski definition) is 0. The van der Waals surface area contributed by atoms with Crippen molar-refractivity contribution in [3.05, 3.63) is 60.8 Å². The molecule has 0 unspecified atom stereocenters. The Bertz CT molecular complexity index is 659. The molecule has 0 aliphatic rings. The molecule has 3 rings (SSSR count). The Morgan fingerprint density at radius 2 is 1.38 bits per heavy atom. The minimum absolute atomic E-state index is 1.19. The molecule has 16 heavy (non-hydrogen) atoms. The molecule has 0 fully saturated rings. The lowest BCUT2D eigenvalue weighted by Gasteiger charge is -1.97. The second-order valence-electron chi connectivity index (χ2n) is 3.74. The van der Waals surface area contributed by atoms with Crippen LogP contribution >= 0.6 is 0 Å². The van der Waals surface area contributed by atoms with Gasteiger partial charge in [0, 0.05) is 10.8 Å². The summed E-state index contributed by atoms with van der Waals surface area (Å²) in [6, 6.07) is 16.7. The van der Waals surface area contributed by atoms with Crippen LogP contribution in [0, 0.1) is 0 Å². The molecule has 0 bridgehead atoms. The van der Waals surface area contributed by atoms with Crippen LogP contribution in [-0.4, -0.2) is 4.57 Å². The SMILES string of the molecule is C=C=Cn1c2ccccc2c2ccccc21. The van der Waals surface area contributed by atoms with E-state index in [0.717, 1.165) is 0 Å². The van der Waals surface area contributed by atoms with Gasteiger partial charge in [0.15, 0.2) is 0 Å². The van der Waals surface area contributed by atoms with Crippen LogP contribution in [-0.2, 0) is 0 Å². The average molecular weight is 205 g/mol. The molecule has 0 aliphatic carbocycles. The lowest BCUT2D eigenvalue weighted by Crippen LogP contribution is -1.83. The molecule has 3 aromatic rings. The number of fused-ring (bicyclic) bond motifs is 3. The third-order valence-electron chi connectivity index (χ3n) is 2.84. The second-order valence-corrected chi connectivity index (χ2v) is 3.74. The summed E-state index contributed by atoms with van der Waals surface area (Å²) in [4.78, 5) is 0. The summed E-state index contributed by atoms with van der Waals surface area (Å²) in [5.74, 6) is 0. The van der Waals surface area contributed by atoms with Gasteiger partial charge in [0.25, 0.3) is 0 Å². The predicted molar refractivity (Wildman–Crippen MR) is 69.3 cm³/mol. The number of rotatable bonds is 1. The van der Waals surface area contributed by atoms with Crippen LogP contribution in [0.3, 0.4) is 0 Å². The largest absolute Gasteiger partial charge is 0.309 e. The summed E-state index contributed by atoms with van der Waals surface area (Å²) in [6.45, 7) is 3.65. The van der Waals surface area contributed by atoms with Crippen molar-refractivity contribution < 1.29 is 0 Å². The van der Waals surface area contributed by atoms with Crippen LogP contribution in [0.5, 0.6) is 0 Å². The van der Waals surface area contributed by atoms with Crippen LogP contribution in [0.1, 0.15) is 0 Å². The molecule has 76 valence electrons. The maximum absolute atomic E-state index is 3.65. The molecule has 1 heteroatoms. The Hall–Kier alpha value is -2.24. The van der Waals surface area contributed by atoms with Crippen LogP contribution < -0.4 is 0 Å². The summed E-state index contributed by atoms with van der Waals surface area (Å²) in [7, 11) is 0. The maximum Gasteiger partial charge on any atom is 0.0541 e. The first-order chi connectivity index (χ1) is 7.92. The monoisotopic (exact) mass is 205 g/mol. The van der Waals surface area contributed by atoms with Gasteiger partial charge in [0.2, 0.25) is 0 Å². The van der Waals surface area contributed by atoms with Gasteiger partial charge >= 0.3 is 0 Å². The van der Waals surface area contributed by atoms with Gasteiger partial charge in [-0.1, -0.05) is 43.0 Å². The molecule has 1 heterocycles. The number of aromatic nitrogens is 1. The topological polar surface area (TPSA) is 4.93 Å². The Kier molecular flexibility index (Phi) is 1.92. The molecule has 0 spiro atoms. The van der Waals surface area contributed by atoms with E-state index >= 15 is 0 Å². The van der Waals surface area contributed by atoms with Crippen molar-refractivity contribution in [2.45, 2.75) is 0 Å². The van der Waals surface area contributed by atoms with E-state index in [1.807, 2.05) is 6.20 Å². The molecule has 1 aromatic heterocycles. The molecular weight excluding hydrogens is 194 g/mol. The van der Waals surface area contributed by atoms with Crippen LogP contribution in [0.4, 0.5) is 0 Å². The molecule has 2 aromatic carbocycles. The summed E-state index contributed by atoms with van der Waals surface area (Å²) in [5, 5.41) is 2.54. The zero-order valence-electron chi connectivity index (χ0n) is 8.85. The van der Waals surface area contributed by atoms with Crippen molar-refractivity contribution in [2.24, 2.45) is 0 Å². The highest BCUT2D eigenvalue weighted by Gasteiger charge is 2.06. The van der Waals surface area contributed by atoms with Gasteiger partial charge in [0.1, 0.15) is 0 Å². The maximum atomic E-state index is 3.65. The van der Waals surface area contributed by atoms with Crippen molar-refractivity contribution in [3.8, 4) is 0 Å². The average Bonchev–Trinajstić information content (AvgIpc) is 2.66.